The van der Waals surface area contributed by atoms with Gasteiger partial charge in [0.1, 0.15) is 0 Å². The van der Waals surface area contributed by atoms with E-state index in [0.29, 0.717) is 0 Å². The van der Waals surface area contributed by atoms with Crippen LogP contribution in [0, 0.1) is 0 Å². The summed E-state index contributed by atoms with van der Waals surface area (Å²) in [6.45, 7) is 6.84. The van der Waals surface area contributed by atoms with Gasteiger partial charge in [-0.05, 0) is 51.6 Å². The Morgan fingerprint density at radius 1 is 1.17 bits per heavy atom. The summed E-state index contributed by atoms with van der Waals surface area (Å²) in [5.41, 5.74) is 8.55. The maximum absolute atomic E-state index is 6.73. The molecule has 0 aromatic rings. The third-order valence-electron chi connectivity index (χ3n) is 5.17. The Morgan fingerprint density at radius 2 is 1.83 bits per heavy atom. The summed E-state index contributed by atoms with van der Waals surface area (Å²) < 4.78 is 0. The molecule has 0 amide bonds. The highest BCUT2D eigenvalue weighted by Gasteiger charge is 2.44. The van der Waals surface area contributed by atoms with E-state index >= 15 is 0 Å². The van der Waals surface area contributed by atoms with E-state index in [1.54, 1.807) is 5.57 Å². The SMILES string of the molecule is CCN(CC)C1(C(N)C2=CCCCC2)CCCC1. The van der Waals surface area contributed by atoms with Crippen molar-refractivity contribution >= 4 is 0 Å². The van der Waals surface area contributed by atoms with E-state index in [-0.39, 0.29) is 11.6 Å². The molecule has 2 rings (SSSR count). The highest BCUT2D eigenvalue weighted by Crippen LogP contribution is 2.41. The maximum Gasteiger partial charge on any atom is 0.0441 e. The molecule has 2 N–H and O–H groups in total. The number of likely N-dealkylation sites (N-methyl/N-ethyl adjacent to an activating group) is 1. The van der Waals surface area contributed by atoms with Crippen molar-refractivity contribution in [1.29, 1.82) is 0 Å². The van der Waals surface area contributed by atoms with Crippen molar-refractivity contribution in [2.75, 3.05) is 13.1 Å². The molecule has 0 radical (unpaired) electrons. The number of hydrogen-bond acceptors (Lipinski definition) is 2. The molecule has 1 fully saturated rings. The molecule has 2 aliphatic carbocycles. The van der Waals surface area contributed by atoms with Crippen molar-refractivity contribution < 1.29 is 0 Å². The largest absolute Gasteiger partial charge is 0.323 e. The summed E-state index contributed by atoms with van der Waals surface area (Å²) in [4.78, 5) is 2.64. The average Bonchev–Trinajstić information content (AvgIpc) is 2.91. The van der Waals surface area contributed by atoms with Crippen LogP contribution in [0.4, 0.5) is 0 Å². The predicted octanol–water partition coefficient (Wildman–Crippen LogP) is 3.47. The van der Waals surface area contributed by atoms with Gasteiger partial charge < -0.3 is 5.73 Å². The Morgan fingerprint density at radius 3 is 2.33 bits per heavy atom. The minimum atomic E-state index is 0.271. The van der Waals surface area contributed by atoms with Crippen molar-refractivity contribution in [1.82, 2.24) is 4.90 Å². The molecule has 0 bridgehead atoms. The van der Waals surface area contributed by atoms with Gasteiger partial charge in [0.25, 0.3) is 0 Å². The van der Waals surface area contributed by atoms with Gasteiger partial charge in [0.05, 0.1) is 0 Å². The van der Waals surface area contributed by atoms with Crippen LogP contribution < -0.4 is 5.73 Å². The predicted molar refractivity (Wildman–Crippen MR) is 78.6 cm³/mol. The Kier molecular flexibility index (Phi) is 4.85. The molecule has 0 aliphatic heterocycles. The first-order chi connectivity index (χ1) is 8.74. The van der Waals surface area contributed by atoms with Crippen LogP contribution in [-0.2, 0) is 0 Å². The molecule has 1 atom stereocenters. The van der Waals surface area contributed by atoms with E-state index in [0.717, 1.165) is 13.1 Å². The van der Waals surface area contributed by atoms with Gasteiger partial charge in [0.15, 0.2) is 0 Å². The number of nitrogens with two attached hydrogens (primary N) is 1. The molecule has 1 unspecified atom stereocenters. The molecule has 0 spiro atoms. The van der Waals surface area contributed by atoms with Crippen LogP contribution in [0.5, 0.6) is 0 Å². The Hall–Kier alpha value is -0.340. The molecular weight excluding hydrogens is 220 g/mol. The van der Waals surface area contributed by atoms with E-state index in [1.165, 1.54) is 51.4 Å². The smallest absolute Gasteiger partial charge is 0.0441 e. The Balaban J connectivity index is 2.20. The van der Waals surface area contributed by atoms with Crippen LogP contribution >= 0.6 is 0 Å². The summed E-state index contributed by atoms with van der Waals surface area (Å²) in [5, 5.41) is 0. The molecule has 1 saturated carbocycles. The van der Waals surface area contributed by atoms with E-state index in [9.17, 15) is 0 Å². The zero-order chi connectivity index (χ0) is 13.0. The molecule has 0 aromatic heterocycles. The lowest BCUT2D eigenvalue weighted by Crippen LogP contribution is -2.59. The van der Waals surface area contributed by atoms with Crippen LogP contribution in [0.15, 0.2) is 11.6 Å². The van der Waals surface area contributed by atoms with Crippen molar-refractivity contribution in [3.8, 4) is 0 Å². The minimum Gasteiger partial charge on any atom is -0.323 e. The van der Waals surface area contributed by atoms with Gasteiger partial charge in [-0.1, -0.05) is 38.3 Å². The fraction of sp³-hybridized carbons (Fsp3) is 0.875. The maximum atomic E-state index is 6.73. The number of hydrogen-bond donors (Lipinski definition) is 1. The van der Waals surface area contributed by atoms with Crippen LogP contribution in [0.25, 0.3) is 0 Å². The number of allylic oxidation sites excluding steroid dienone is 1. The van der Waals surface area contributed by atoms with Crippen molar-refractivity contribution in [3.05, 3.63) is 11.6 Å². The lowest BCUT2D eigenvalue weighted by Gasteiger charge is -2.46. The zero-order valence-corrected chi connectivity index (χ0v) is 12.3. The van der Waals surface area contributed by atoms with Crippen LogP contribution in [0.3, 0.4) is 0 Å². The summed E-state index contributed by atoms with van der Waals surface area (Å²) in [5.74, 6) is 0. The Bertz CT molecular complexity index is 285. The fourth-order valence-electron chi connectivity index (χ4n) is 4.16. The molecule has 2 heteroatoms. The van der Waals surface area contributed by atoms with E-state index in [4.69, 9.17) is 5.73 Å². The second kappa shape index (κ2) is 6.21. The van der Waals surface area contributed by atoms with Gasteiger partial charge in [-0.15, -0.1) is 0 Å². The highest BCUT2D eigenvalue weighted by atomic mass is 15.2. The lowest BCUT2D eigenvalue weighted by atomic mass is 9.79. The first kappa shape index (κ1) is 14.1. The van der Waals surface area contributed by atoms with E-state index in [1.807, 2.05) is 0 Å². The van der Waals surface area contributed by atoms with Gasteiger partial charge in [0.2, 0.25) is 0 Å². The van der Waals surface area contributed by atoms with Gasteiger partial charge in [0, 0.05) is 11.6 Å². The monoisotopic (exact) mass is 250 g/mol. The van der Waals surface area contributed by atoms with E-state index in [2.05, 4.69) is 24.8 Å². The zero-order valence-electron chi connectivity index (χ0n) is 12.3. The molecular formula is C16H30N2. The summed E-state index contributed by atoms with van der Waals surface area (Å²) in [6.07, 6.45) is 12.9. The first-order valence-corrected chi connectivity index (χ1v) is 7.94. The Labute approximate surface area is 113 Å². The topological polar surface area (TPSA) is 29.3 Å². The summed E-state index contributed by atoms with van der Waals surface area (Å²) >= 11 is 0. The first-order valence-electron chi connectivity index (χ1n) is 7.94. The quantitative estimate of drug-likeness (QED) is 0.757. The van der Waals surface area contributed by atoms with Crippen LogP contribution in [0.1, 0.15) is 65.2 Å². The average molecular weight is 250 g/mol. The molecule has 104 valence electrons. The van der Waals surface area contributed by atoms with Crippen molar-refractivity contribution in [3.63, 3.8) is 0 Å². The van der Waals surface area contributed by atoms with Gasteiger partial charge in [-0.25, -0.2) is 0 Å². The fourth-order valence-corrected chi connectivity index (χ4v) is 4.16. The highest BCUT2D eigenvalue weighted by molar-refractivity contribution is 5.21. The molecule has 2 aliphatic rings. The molecule has 0 aromatic carbocycles. The van der Waals surface area contributed by atoms with Crippen LogP contribution in [-0.4, -0.2) is 29.6 Å². The third-order valence-corrected chi connectivity index (χ3v) is 5.17. The molecule has 18 heavy (non-hydrogen) atoms. The summed E-state index contributed by atoms with van der Waals surface area (Å²) in [6, 6.07) is 0.278. The lowest BCUT2D eigenvalue weighted by molar-refractivity contribution is 0.0866. The van der Waals surface area contributed by atoms with E-state index < -0.39 is 0 Å². The second-order valence-corrected chi connectivity index (χ2v) is 5.99. The molecule has 0 heterocycles. The third kappa shape index (κ3) is 2.50. The second-order valence-electron chi connectivity index (χ2n) is 5.99. The normalized spacial score (nSPS) is 25.2. The minimum absolute atomic E-state index is 0.271. The van der Waals surface area contributed by atoms with Gasteiger partial charge in [-0.2, -0.15) is 0 Å². The van der Waals surface area contributed by atoms with Crippen molar-refractivity contribution in [2.45, 2.75) is 76.8 Å². The van der Waals surface area contributed by atoms with Gasteiger partial charge in [-0.3, -0.25) is 4.90 Å². The molecule has 2 nitrogen and oxygen atoms in total. The molecule has 0 saturated heterocycles. The van der Waals surface area contributed by atoms with Gasteiger partial charge >= 0.3 is 0 Å². The summed E-state index contributed by atoms with van der Waals surface area (Å²) in [7, 11) is 0. The van der Waals surface area contributed by atoms with Crippen molar-refractivity contribution in [2.24, 2.45) is 5.73 Å². The van der Waals surface area contributed by atoms with Crippen LogP contribution in [0.2, 0.25) is 0 Å². The number of rotatable bonds is 5. The standard InChI is InChI=1S/C16H30N2/c1-3-18(4-2)16(12-8-9-13-16)15(17)14-10-6-5-7-11-14/h10,15H,3-9,11-13,17H2,1-2H3. The number of nitrogens with zero attached hydrogens (tertiary/aromatic N) is 1.